The Labute approximate surface area is 247 Å². The van der Waals surface area contributed by atoms with Crippen molar-refractivity contribution < 1.29 is 33.6 Å². The highest BCUT2D eigenvalue weighted by molar-refractivity contribution is 6.01. The van der Waals surface area contributed by atoms with Crippen molar-refractivity contribution in [2.45, 2.75) is 70.2 Å². The van der Waals surface area contributed by atoms with Gasteiger partial charge in [-0.25, -0.2) is 10.5 Å². The number of nitrogens with zero attached hydrogens (tertiary/aromatic N) is 2. The van der Waals surface area contributed by atoms with Gasteiger partial charge in [-0.15, -0.1) is 0 Å². The van der Waals surface area contributed by atoms with Gasteiger partial charge in [0.25, 0.3) is 5.91 Å². The summed E-state index contributed by atoms with van der Waals surface area (Å²) in [7, 11) is 1.60. The first-order chi connectivity index (χ1) is 20.1. The van der Waals surface area contributed by atoms with E-state index in [0.29, 0.717) is 49.5 Å². The molecule has 2 aromatic rings. The van der Waals surface area contributed by atoms with Crippen molar-refractivity contribution >= 4 is 17.8 Å². The van der Waals surface area contributed by atoms with Gasteiger partial charge in [0.15, 0.2) is 11.6 Å². The van der Waals surface area contributed by atoms with E-state index in [-0.39, 0.29) is 37.8 Å². The Balaban J connectivity index is 2.05. The number of esters is 1. The second-order valence-corrected chi connectivity index (χ2v) is 11.0. The quantitative estimate of drug-likeness (QED) is 0.150. The third kappa shape index (κ3) is 8.83. The van der Waals surface area contributed by atoms with Gasteiger partial charge in [0.1, 0.15) is 11.4 Å². The molecule has 11 heteroatoms. The number of hydrogen-bond acceptors (Lipinski definition) is 10. The predicted octanol–water partition coefficient (Wildman–Crippen LogP) is 4.51. The average molecular weight is 583 g/mol. The standard InChI is InChI=1S/C31H42N4O7/c1-30(2,3)42-26(37)15-16-31(29(38)33-17-7-19-39-4)27(25-10-6-5-9-23(25)21-34-32)41-28(35-31)22-11-13-24(14-12-22)40-20-8-18-36/h5-6,9-14,27,32,36H,7-8,15-21H2,1-4H3,(H,33,38)/t27-,31-/m0/s1. The minimum atomic E-state index is -1.51. The molecule has 2 aromatic carbocycles. The summed E-state index contributed by atoms with van der Waals surface area (Å²) in [6.07, 6.45) is 0.181. The van der Waals surface area contributed by atoms with Gasteiger partial charge in [-0.3, -0.25) is 9.59 Å². The second kappa shape index (κ2) is 15.4. The highest BCUT2D eigenvalue weighted by atomic mass is 16.6. The summed E-state index contributed by atoms with van der Waals surface area (Å²) >= 11 is 0. The zero-order valence-electron chi connectivity index (χ0n) is 24.9. The summed E-state index contributed by atoms with van der Waals surface area (Å²) in [5, 5.41) is 15.6. The molecule has 42 heavy (non-hydrogen) atoms. The minimum absolute atomic E-state index is 0.0287. The molecule has 0 unspecified atom stereocenters. The maximum absolute atomic E-state index is 14.1. The lowest BCUT2D eigenvalue weighted by molar-refractivity contribution is -0.155. The predicted molar refractivity (Wildman–Crippen MR) is 157 cm³/mol. The van der Waals surface area contributed by atoms with Crippen LogP contribution in [0.5, 0.6) is 5.75 Å². The molecule has 1 aliphatic heterocycles. The van der Waals surface area contributed by atoms with Crippen LogP contribution in [0.3, 0.4) is 0 Å². The number of methoxy groups -OCH3 is 1. The highest BCUT2D eigenvalue weighted by Gasteiger charge is 2.53. The van der Waals surface area contributed by atoms with Crippen LogP contribution >= 0.6 is 0 Å². The van der Waals surface area contributed by atoms with Crippen LogP contribution in [-0.4, -0.2) is 67.5 Å². The van der Waals surface area contributed by atoms with Crippen LogP contribution in [-0.2, 0) is 30.3 Å². The third-order valence-electron chi connectivity index (χ3n) is 6.56. The molecule has 0 saturated heterocycles. The molecule has 228 valence electrons. The van der Waals surface area contributed by atoms with Crippen LogP contribution in [0, 0.1) is 5.53 Å². The van der Waals surface area contributed by atoms with E-state index in [1.165, 1.54) is 0 Å². The minimum Gasteiger partial charge on any atom is -0.494 e. The molecule has 3 rings (SSSR count). The van der Waals surface area contributed by atoms with Crippen molar-refractivity contribution in [1.29, 1.82) is 5.53 Å². The monoisotopic (exact) mass is 582 g/mol. The number of ether oxygens (including phenoxy) is 4. The van der Waals surface area contributed by atoms with E-state index in [9.17, 15) is 9.59 Å². The van der Waals surface area contributed by atoms with Crippen LogP contribution in [0.1, 0.15) is 69.2 Å². The van der Waals surface area contributed by atoms with Crippen molar-refractivity contribution in [1.82, 2.24) is 5.32 Å². The van der Waals surface area contributed by atoms with Crippen molar-refractivity contribution in [2.75, 3.05) is 33.5 Å². The zero-order chi connectivity index (χ0) is 30.6. The normalized spacial score (nSPS) is 18.1. The molecule has 0 aromatic heterocycles. The molecule has 1 heterocycles. The number of amides is 1. The molecule has 11 nitrogen and oxygen atoms in total. The highest BCUT2D eigenvalue weighted by Crippen LogP contribution is 2.44. The van der Waals surface area contributed by atoms with Crippen molar-refractivity contribution in [3.63, 3.8) is 0 Å². The summed E-state index contributed by atoms with van der Waals surface area (Å²) in [6, 6.07) is 14.5. The van der Waals surface area contributed by atoms with Gasteiger partial charge >= 0.3 is 5.97 Å². The fraction of sp³-hybridized carbons (Fsp3) is 0.516. The summed E-state index contributed by atoms with van der Waals surface area (Å²) in [6.45, 7) is 6.71. The average Bonchev–Trinajstić information content (AvgIpc) is 3.35. The Morgan fingerprint density at radius 3 is 2.52 bits per heavy atom. The molecule has 1 amide bonds. The van der Waals surface area contributed by atoms with Gasteiger partial charge in [0.05, 0.1) is 13.2 Å². The SMILES string of the molecule is COCCCNC(=O)[C@@]1(CCC(=O)OC(C)(C)C)N=C(c2ccc(OCCCO)cc2)O[C@H]1c1ccccc1CN=N. The molecule has 0 bridgehead atoms. The number of nitrogens with one attached hydrogen (secondary N) is 2. The first-order valence-corrected chi connectivity index (χ1v) is 14.1. The van der Waals surface area contributed by atoms with Crippen LogP contribution < -0.4 is 10.1 Å². The number of rotatable bonds is 16. The summed E-state index contributed by atoms with van der Waals surface area (Å²) in [5.74, 6) is 0.0339. The lowest BCUT2D eigenvalue weighted by atomic mass is 9.81. The van der Waals surface area contributed by atoms with E-state index < -0.39 is 23.2 Å². The van der Waals surface area contributed by atoms with Crippen LogP contribution in [0.2, 0.25) is 0 Å². The summed E-state index contributed by atoms with van der Waals surface area (Å²) in [5.41, 5.74) is 7.29. The number of aliphatic hydroxyl groups is 1. The number of aliphatic hydroxyl groups excluding tert-OH is 1. The first-order valence-electron chi connectivity index (χ1n) is 14.1. The molecular weight excluding hydrogens is 540 g/mol. The third-order valence-corrected chi connectivity index (χ3v) is 6.56. The van der Waals surface area contributed by atoms with E-state index in [2.05, 4.69) is 10.4 Å². The lowest BCUT2D eigenvalue weighted by Gasteiger charge is -2.31. The number of hydrogen-bond donors (Lipinski definition) is 3. The first kappa shape index (κ1) is 32.7. The fourth-order valence-corrected chi connectivity index (χ4v) is 4.62. The van der Waals surface area contributed by atoms with E-state index in [0.717, 1.165) is 5.56 Å². The molecule has 0 aliphatic carbocycles. The number of aliphatic imine (C=N–C) groups is 1. The number of carbonyl (C=O) groups is 2. The second-order valence-electron chi connectivity index (χ2n) is 11.0. The van der Waals surface area contributed by atoms with Gasteiger partial charge in [-0.2, -0.15) is 5.11 Å². The molecule has 0 spiro atoms. The Morgan fingerprint density at radius 1 is 1.12 bits per heavy atom. The topological polar surface area (TPSA) is 152 Å². The molecule has 0 saturated carbocycles. The Hall–Kier alpha value is -3.83. The van der Waals surface area contributed by atoms with Crippen LogP contribution in [0.25, 0.3) is 0 Å². The van der Waals surface area contributed by atoms with Crippen LogP contribution in [0.15, 0.2) is 58.6 Å². The molecule has 3 N–H and O–H groups in total. The summed E-state index contributed by atoms with van der Waals surface area (Å²) < 4.78 is 22.8. The lowest BCUT2D eigenvalue weighted by Crippen LogP contribution is -2.49. The van der Waals surface area contributed by atoms with Crippen molar-refractivity contribution in [2.24, 2.45) is 10.1 Å². The van der Waals surface area contributed by atoms with Gasteiger partial charge in [0, 0.05) is 50.8 Å². The Bertz CT molecular complexity index is 1230. The Kier molecular flexibility index (Phi) is 12.0. The van der Waals surface area contributed by atoms with Gasteiger partial charge in [-0.05, 0) is 63.4 Å². The van der Waals surface area contributed by atoms with Gasteiger partial charge < -0.3 is 29.4 Å². The maximum atomic E-state index is 14.1. The fourth-order valence-electron chi connectivity index (χ4n) is 4.62. The van der Waals surface area contributed by atoms with E-state index in [4.69, 9.17) is 34.6 Å². The smallest absolute Gasteiger partial charge is 0.306 e. The van der Waals surface area contributed by atoms with Crippen molar-refractivity contribution in [3.05, 3.63) is 65.2 Å². The van der Waals surface area contributed by atoms with E-state index in [1.807, 2.05) is 24.3 Å². The largest absolute Gasteiger partial charge is 0.494 e. The number of benzene rings is 2. The molecule has 1 aliphatic rings. The van der Waals surface area contributed by atoms with E-state index >= 15 is 0 Å². The zero-order valence-corrected chi connectivity index (χ0v) is 24.9. The van der Waals surface area contributed by atoms with Crippen molar-refractivity contribution in [3.8, 4) is 5.75 Å². The molecular formula is C31H42N4O7. The Morgan fingerprint density at radius 2 is 1.86 bits per heavy atom. The molecule has 0 radical (unpaired) electrons. The number of carbonyl (C=O) groups excluding carboxylic acids is 2. The molecule has 2 atom stereocenters. The molecule has 0 fully saturated rings. The van der Waals surface area contributed by atoms with E-state index in [1.54, 1.807) is 52.1 Å². The van der Waals surface area contributed by atoms with Gasteiger partial charge in [-0.1, -0.05) is 24.3 Å². The summed E-state index contributed by atoms with van der Waals surface area (Å²) in [4.78, 5) is 31.8. The van der Waals surface area contributed by atoms with Crippen LogP contribution in [0.4, 0.5) is 0 Å². The van der Waals surface area contributed by atoms with Gasteiger partial charge in [0.2, 0.25) is 5.90 Å². The maximum Gasteiger partial charge on any atom is 0.306 e.